The number of imidazole rings is 2. The van der Waals surface area contributed by atoms with Crippen molar-refractivity contribution in [1.29, 1.82) is 0 Å². The van der Waals surface area contributed by atoms with Crippen molar-refractivity contribution < 1.29 is 29.4 Å². The van der Waals surface area contributed by atoms with E-state index < -0.39 is 17.5 Å². The molecule has 2 atom stereocenters. The molecule has 0 aliphatic carbocycles. The summed E-state index contributed by atoms with van der Waals surface area (Å²) in [6, 6.07) is 10.0. The van der Waals surface area contributed by atoms with E-state index in [0.717, 1.165) is 19.3 Å². The van der Waals surface area contributed by atoms with Crippen molar-refractivity contribution in [3.05, 3.63) is 93.0 Å². The Morgan fingerprint density at radius 2 is 1.51 bits per heavy atom. The second kappa shape index (κ2) is 11.3. The number of fused-ring (bicyclic) bond motifs is 10. The minimum absolute atomic E-state index is 0.00229. The Hall–Kier alpha value is -5.12. The summed E-state index contributed by atoms with van der Waals surface area (Å²) in [4.78, 5) is 60.9. The van der Waals surface area contributed by atoms with Crippen LogP contribution in [0.4, 0.5) is 0 Å². The first kappa shape index (κ1) is 30.5. The molecule has 14 heteroatoms. The first-order valence-corrected chi connectivity index (χ1v) is 15.6. The van der Waals surface area contributed by atoms with Gasteiger partial charge in [-0.05, 0) is 49.9 Å². The van der Waals surface area contributed by atoms with Crippen molar-refractivity contribution in [1.82, 2.24) is 28.9 Å². The molecule has 6 heterocycles. The summed E-state index contributed by atoms with van der Waals surface area (Å²) in [5, 5.41) is 19.7. The highest BCUT2D eigenvalue weighted by Gasteiger charge is 2.52. The molecule has 0 spiro atoms. The molecular weight excluding hydrogens is 647 g/mol. The van der Waals surface area contributed by atoms with Gasteiger partial charge < -0.3 is 20.0 Å². The number of carboxylic acids is 2. The molecule has 0 unspecified atom stereocenters. The maximum atomic E-state index is 13.3. The second-order valence-electron chi connectivity index (χ2n) is 11.7. The van der Waals surface area contributed by atoms with Crippen molar-refractivity contribution in [2.45, 2.75) is 43.7 Å². The number of aromatic nitrogens is 4. The topological polar surface area (TPSA) is 151 Å². The van der Waals surface area contributed by atoms with E-state index in [-0.39, 0.29) is 35.7 Å². The van der Waals surface area contributed by atoms with Crippen LogP contribution in [0.1, 0.15) is 91.2 Å². The quantitative estimate of drug-likeness (QED) is 0.282. The molecule has 2 saturated heterocycles. The summed E-state index contributed by atoms with van der Waals surface area (Å²) in [5.74, 6) is 0.0187. The highest BCUT2D eigenvalue weighted by atomic mass is 35.5. The zero-order valence-corrected chi connectivity index (χ0v) is 26.2. The lowest BCUT2D eigenvalue weighted by atomic mass is 9.87. The third-order valence-corrected chi connectivity index (χ3v) is 9.94. The summed E-state index contributed by atoms with van der Waals surface area (Å²) < 4.78 is 3.35. The number of aromatic carboxylic acids is 2. The molecule has 0 bridgehead atoms. The lowest BCUT2D eigenvalue weighted by Crippen LogP contribution is -2.45. The molecule has 0 saturated carbocycles. The summed E-state index contributed by atoms with van der Waals surface area (Å²) in [5.41, 5.74) is 1.90. The first-order chi connectivity index (χ1) is 22.6. The molecule has 4 aliphatic rings. The Morgan fingerprint density at radius 1 is 0.894 bits per heavy atom. The number of terminal acetylenes is 1. The van der Waals surface area contributed by atoms with Gasteiger partial charge in [0.15, 0.2) is 11.4 Å². The number of carboxylic acid groups (broad SMARTS) is 2. The molecule has 2 aromatic carbocycles. The molecule has 238 valence electrons. The maximum Gasteiger partial charge on any atom is 0.356 e. The third kappa shape index (κ3) is 4.45. The molecule has 12 nitrogen and oxygen atoms in total. The number of carbonyl (C=O) groups excluding carboxylic acids is 2. The van der Waals surface area contributed by atoms with Crippen molar-refractivity contribution in [3.63, 3.8) is 0 Å². The van der Waals surface area contributed by atoms with Gasteiger partial charge in [0.1, 0.15) is 12.7 Å². The number of hydrogen-bond donors (Lipinski definition) is 2. The number of rotatable bonds is 3. The first-order valence-electron chi connectivity index (χ1n) is 14.9. The molecule has 2 fully saturated rings. The minimum atomic E-state index is -1.14. The van der Waals surface area contributed by atoms with E-state index in [9.17, 15) is 29.4 Å². The van der Waals surface area contributed by atoms with E-state index >= 15 is 0 Å². The molecule has 4 aliphatic heterocycles. The maximum absolute atomic E-state index is 13.3. The van der Waals surface area contributed by atoms with E-state index in [1.165, 1.54) is 12.7 Å². The number of nitrogens with zero attached hydrogens (tertiary/aromatic N) is 6. The number of amides is 2. The third-order valence-electron chi connectivity index (χ3n) is 9.31. The molecular formula is C33H26Cl2N6O6. The van der Waals surface area contributed by atoms with E-state index in [2.05, 4.69) is 15.9 Å². The SMILES string of the molecule is C#CC[C@]12CCCN1C(=O)c1c(Cl)cccc1-n1cnc(C(=O)O)c12.O=C(O)c1ncn2c1[C@@H]1CCCN1C(=O)c1c(Cl)cccc1-2. The summed E-state index contributed by atoms with van der Waals surface area (Å²) in [7, 11) is 0. The highest BCUT2D eigenvalue weighted by Crippen LogP contribution is 2.48. The van der Waals surface area contributed by atoms with Crippen molar-refractivity contribution in [2.75, 3.05) is 13.1 Å². The van der Waals surface area contributed by atoms with Crippen LogP contribution in [-0.2, 0) is 5.54 Å². The average molecular weight is 674 g/mol. The van der Waals surface area contributed by atoms with Crippen LogP contribution in [0, 0.1) is 12.3 Å². The Labute approximate surface area is 278 Å². The fraction of sp³-hybridized carbons (Fsp3) is 0.273. The number of halogens is 2. The highest BCUT2D eigenvalue weighted by molar-refractivity contribution is 6.35. The molecule has 4 aromatic rings. The Balaban J connectivity index is 0.000000151. The van der Waals surface area contributed by atoms with Gasteiger partial charge in [-0.25, -0.2) is 19.6 Å². The van der Waals surface area contributed by atoms with E-state index in [0.29, 0.717) is 63.4 Å². The van der Waals surface area contributed by atoms with E-state index in [4.69, 9.17) is 29.6 Å². The Kier molecular flexibility index (Phi) is 7.33. The van der Waals surface area contributed by atoms with Crippen molar-refractivity contribution in [3.8, 4) is 23.7 Å². The number of carbonyl (C=O) groups is 4. The molecule has 2 N–H and O–H groups in total. The van der Waals surface area contributed by atoms with Gasteiger partial charge in [0.05, 0.1) is 55.5 Å². The summed E-state index contributed by atoms with van der Waals surface area (Å²) >= 11 is 12.6. The molecule has 8 rings (SSSR count). The normalized spacial score (nSPS) is 20.3. The lowest BCUT2D eigenvalue weighted by Gasteiger charge is -2.36. The summed E-state index contributed by atoms with van der Waals surface area (Å²) in [6.45, 7) is 1.09. The zero-order valence-electron chi connectivity index (χ0n) is 24.7. The number of hydrogen-bond acceptors (Lipinski definition) is 6. The molecule has 0 radical (unpaired) electrons. The number of benzene rings is 2. The van der Waals surface area contributed by atoms with Crippen LogP contribution < -0.4 is 0 Å². The predicted molar refractivity (Wildman–Crippen MR) is 169 cm³/mol. The minimum Gasteiger partial charge on any atom is -0.476 e. The van der Waals surface area contributed by atoms with Crippen LogP contribution in [0.5, 0.6) is 0 Å². The predicted octanol–water partition coefficient (Wildman–Crippen LogP) is 5.21. The average Bonchev–Trinajstić information content (AvgIpc) is 3.84. The molecule has 47 heavy (non-hydrogen) atoms. The van der Waals surface area contributed by atoms with Crippen LogP contribution in [0.25, 0.3) is 11.4 Å². The van der Waals surface area contributed by atoms with Gasteiger partial charge in [-0.3, -0.25) is 18.7 Å². The van der Waals surface area contributed by atoms with Crippen LogP contribution in [0.2, 0.25) is 10.0 Å². The smallest absolute Gasteiger partial charge is 0.356 e. The van der Waals surface area contributed by atoms with Gasteiger partial charge in [-0.1, -0.05) is 35.3 Å². The van der Waals surface area contributed by atoms with Gasteiger partial charge in [0.2, 0.25) is 0 Å². The van der Waals surface area contributed by atoms with Gasteiger partial charge in [0.25, 0.3) is 11.8 Å². The second-order valence-corrected chi connectivity index (χ2v) is 12.5. The fourth-order valence-electron chi connectivity index (χ4n) is 7.45. The van der Waals surface area contributed by atoms with Crippen molar-refractivity contribution in [2.24, 2.45) is 0 Å². The molecule has 2 amide bonds. The van der Waals surface area contributed by atoms with Crippen molar-refractivity contribution >= 4 is 47.0 Å². The van der Waals surface area contributed by atoms with Gasteiger partial charge in [-0.2, -0.15) is 0 Å². The summed E-state index contributed by atoms with van der Waals surface area (Å²) in [6.07, 6.45) is 11.6. The lowest BCUT2D eigenvalue weighted by molar-refractivity contribution is 0.0573. The fourth-order valence-corrected chi connectivity index (χ4v) is 7.95. The van der Waals surface area contributed by atoms with Crippen LogP contribution >= 0.6 is 23.2 Å². The van der Waals surface area contributed by atoms with E-state index in [1.807, 2.05) is 0 Å². The molecule has 2 aromatic heterocycles. The van der Waals surface area contributed by atoms with Crippen LogP contribution in [0.3, 0.4) is 0 Å². The van der Waals surface area contributed by atoms with E-state index in [1.54, 1.807) is 55.3 Å². The monoisotopic (exact) mass is 672 g/mol. The standard InChI is InChI=1S/C18H14ClN3O3.C15H12ClN3O3/c1-2-7-18-8-4-9-22(18)16(23)13-11(19)5-3-6-12(13)21-10-20-14(15(18)21)17(24)25;16-8-3-1-4-9-11(8)14(20)18-6-2-5-10(18)13-12(15(21)22)17-7-19(9)13/h1,3,5-6,10H,4,7-9H2,(H,24,25);1,3-4,7,10H,2,5-6H2,(H,21,22)/t18-;10-/m10/s1. The van der Waals surface area contributed by atoms with Gasteiger partial charge >= 0.3 is 11.9 Å². The van der Waals surface area contributed by atoms with Crippen LogP contribution in [-0.4, -0.2) is 76.0 Å². The largest absolute Gasteiger partial charge is 0.476 e. The zero-order chi connectivity index (χ0) is 33.2. The Morgan fingerprint density at radius 3 is 2.17 bits per heavy atom. The Bertz CT molecular complexity index is 2060. The van der Waals surface area contributed by atoms with Crippen LogP contribution in [0.15, 0.2) is 49.1 Å². The van der Waals surface area contributed by atoms with Gasteiger partial charge in [0, 0.05) is 19.5 Å². The van der Waals surface area contributed by atoms with Gasteiger partial charge in [-0.15, -0.1) is 12.3 Å².